The summed E-state index contributed by atoms with van der Waals surface area (Å²) in [6, 6.07) is 0. The normalized spacial score (nSPS) is 11.0. The summed E-state index contributed by atoms with van der Waals surface area (Å²) in [6.07, 6.45) is 1.60. The van der Waals surface area contributed by atoms with Gasteiger partial charge in [-0.3, -0.25) is 10.5 Å². The number of amides is 1. The summed E-state index contributed by atoms with van der Waals surface area (Å²) in [5, 5.41) is 0. The zero-order valence-corrected chi connectivity index (χ0v) is 6.31. The highest BCUT2D eigenvalue weighted by Crippen LogP contribution is 2.20. The molecule has 0 aliphatic heterocycles. The largest absolute Gasteiger partial charge is 0.303 e. The molecule has 0 saturated heterocycles. The number of carbonyl (C=O) groups is 2. The van der Waals surface area contributed by atoms with Gasteiger partial charge in [0, 0.05) is 11.8 Å². The third-order valence-corrected chi connectivity index (χ3v) is 1.50. The highest BCUT2D eigenvalue weighted by molar-refractivity contribution is 5.79. The number of hydrogen-bond acceptors (Lipinski definition) is 2. The topological polar surface area (TPSA) is 57.9 Å². The van der Waals surface area contributed by atoms with Crippen LogP contribution in [0.15, 0.2) is 0 Å². The first-order valence-corrected chi connectivity index (χ1v) is 3.20. The van der Waals surface area contributed by atoms with Gasteiger partial charge in [-0.1, -0.05) is 13.8 Å². The lowest BCUT2D eigenvalue weighted by molar-refractivity contribution is -0.127. The predicted octanol–water partition coefficient (Wildman–Crippen LogP) is 0.801. The number of carbonyl (C=O) groups excluding carboxylic acids is 2. The molecule has 0 aliphatic rings. The van der Waals surface area contributed by atoms with Crippen LogP contribution >= 0.6 is 0 Å². The van der Waals surface area contributed by atoms with Gasteiger partial charge in [-0.25, -0.2) is 0 Å². The van der Waals surface area contributed by atoms with E-state index < -0.39 is 11.3 Å². The Balaban J connectivity index is 3.86. The first-order chi connectivity index (χ1) is 4.50. The lowest BCUT2D eigenvalue weighted by Crippen LogP contribution is -2.24. The van der Waals surface area contributed by atoms with Crippen molar-refractivity contribution in [1.29, 1.82) is 0 Å². The molecule has 3 heteroatoms. The summed E-state index contributed by atoms with van der Waals surface area (Å²) in [6.45, 7) is 3.34. The minimum absolute atomic E-state index is 0.359. The van der Waals surface area contributed by atoms with Gasteiger partial charge in [0.2, 0.25) is 5.91 Å². The van der Waals surface area contributed by atoms with Crippen LogP contribution in [0.1, 0.15) is 26.7 Å². The van der Waals surface area contributed by atoms with Crippen LogP contribution in [0.2, 0.25) is 0 Å². The molecule has 0 aromatic carbocycles. The van der Waals surface area contributed by atoms with Gasteiger partial charge in [-0.2, -0.15) is 0 Å². The molecule has 0 saturated carbocycles. The summed E-state index contributed by atoms with van der Waals surface area (Å²) >= 11 is 0. The monoisotopic (exact) mass is 142 g/mol. The molecular formula is C7H12NO2. The van der Waals surface area contributed by atoms with Crippen molar-refractivity contribution in [2.45, 2.75) is 26.7 Å². The number of rotatable bonds is 4. The molecule has 1 radical (unpaired) electrons. The van der Waals surface area contributed by atoms with Crippen molar-refractivity contribution in [3.8, 4) is 0 Å². The van der Waals surface area contributed by atoms with E-state index in [0.29, 0.717) is 12.8 Å². The van der Waals surface area contributed by atoms with E-state index in [-0.39, 0.29) is 0 Å². The molecule has 0 aromatic rings. The standard InChI is InChI=1S/C7H12NO2/c1-7(2,6(8)10)4-3-5-9/h5,8H,3-4H2,1-2H3. The molecule has 57 valence electrons. The third-order valence-electron chi connectivity index (χ3n) is 1.50. The summed E-state index contributed by atoms with van der Waals surface area (Å²) in [5.74, 6) is -0.602. The van der Waals surface area contributed by atoms with Gasteiger partial charge in [0.15, 0.2) is 0 Å². The number of hydrogen-bond donors (Lipinski definition) is 0. The van der Waals surface area contributed by atoms with Gasteiger partial charge >= 0.3 is 0 Å². The highest BCUT2D eigenvalue weighted by Gasteiger charge is 2.24. The molecule has 0 aromatic heterocycles. The molecule has 3 nitrogen and oxygen atoms in total. The Labute approximate surface area is 60.6 Å². The molecular weight excluding hydrogens is 130 g/mol. The van der Waals surface area contributed by atoms with Crippen LogP contribution in [0, 0.1) is 5.41 Å². The fourth-order valence-corrected chi connectivity index (χ4v) is 0.533. The lowest BCUT2D eigenvalue weighted by atomic mass is 9.87. The number of aldehydes is 1. The van der Waals surface area contributed by atoms with Crippen LogP contribution in [-0.2, 0) is 9.59 Å². The Hall–Kier alpha value is -0.860. The van der Waals surface area contributed by atoms with E-state index in [4.69, 9.17) is 5.73 Å². The smallest absolute Gasteiger partial charge is 0.244 e. The second-order valence-electron chi connectivity index (χ2n) is 2.92. The molecule has 1 N–H and O–H groups in total. The first-order valence-electron chi connectivity index (χ1n) is 3.20. The van der Waals surface area contributed by atoms with Crippen LogP contribution in [0.25, 0.3) is 0 Å². The van der Waals surface area contributed by atoms with Gasteiger partial charge in [0.1, 0.15) is 6.29 Å². The van der Waals surface area contributed by atoms with E-state index in [1.165, 1.54) is 0 Å². The maximum Gasteiger partial charge on any atom is 0.244 e. The Morgan fingerprint density at radius 2 is 2.10 bits per heavy atom. The Bertz CT molecular complexity index is 141. The van der Waals surface area contributed by atoms with Crippen molar-refractivity contribution in [2.24, 2.45) is 5.41 Å². The molecule has 0 heterocycles. The molecule has 0 spiro atoms. The summed E-state index contributed by atoms with van der Waals surface area (Å²) < 4.78 is 0. The van der Waals surface area contributed by atoms with E-state index in [1.807, 2.05) is 0 Å². The fraction of sp³-hybridized carbons (Fsp3) is 0.714. The number of nitrogens with one attached hydrogen (secondary N) is 1. The first kappa shape index (κ1) is 9.14. The van der Waals surface area contributed by atoms with Gasteiger partial charge in [-0.15, -0.1) is 0 Å². The maximum atomic E-state index is 10.5. The second kappa shape index (κ2) is 3.34. The summed E-state index contributed by atoms with van der Waals surface area (Å²) in [5.41, 5.74) is 6.15. The summed E-state index contributed by atoms with van der Waals surface area (Å²) in [7, 11) is 0. The molecule has 0 aliphatic carbocycles. The van der Waals surface area contributed by atoms with Crippen LogP contribution in [0.3, 0.4) is 0 Å². The quantitative estimate of drug-likeness (QED) is 0.545. The average Bonchev–Trinajstić information content (AvgIpc) is 1.84. The predicted molar refractivity (Wildman–Crippen MR) is 37.2 cm³/mol. The summed E-state index contributed by atoms with van der Waals surface area (Å²) in [4.78, 5) is 20.4. The maximum absolute atomic E-state index is 10.5. The van der Waals surface area contributed by atoms with Gasteiger partial charge in [0.25, 0.3) is 0 Å². The SMILES string of the molecule is CC(C)(CCC=O)C([NH])=O. The Morgan fingerprint density at radius 3 is 2.40 bits per heavy atom. The van der Waals surface area contributed by atoms with E-state index in [1.54, 1.807) is 13.8 Å². The third kappa shape index (κ3) is 2.62. The average molecular weight is 142 g/mol. The zero-order chi connectivity index (χ0) is 8.20. The van der Waals surface area contributed by atoms with Crippen LogP contribution in [-0.4, -0.2) is 12.2 Å². The van der Waals surface area contributed by atoms with Crippen molar-refractivity contribution >= 4 is 12.2 Å². The molecule has 0 bridgehead atoms. The van der Waals surface area contributed by atoms with E-state index in [0.717, 1.165) is 6.29 Å². The van der Waals surface area contributed by atoms with Crippen molar-refractivity contribution in [1.82, 2.24) is 5.73 Å². The van der Waals surface area contributed by atoms with Crippen molar-refractivity contribution in [2.75, 3.05) is 0 Å². The molecule has 0 atom stereocenters. The van der Waals surface area contributed by atoms with Crippen molar-refractivity contribution < 1.29 is 9.59 Å². The van der Waals surface area contributed by atoms with Crippen molar-refractivity contribution in [3.05, 3.63) is 0 Å². The molecule has 10 heavy (non-hydrogen) atoms. The van der Waals surface area contributed by atoms with Crippen LogP contribution in [0.5, 0.6) is 0 Å². The fourth-order valence-electron chi connectivity index (χ4n) is 0.533. The van der Waals surface area contributed by atoms with Gasteiger partial charge in [0.05, 0.1) is 0 Å². The minimum Gasteiger partial charge on any atom is -0.303 e. The molecule has 0 unspecified atom stereocenters. The zero-order valence-electron chi connectivity index (χ0n) is 6.31. The lowest BCUT2D eigenvalue weighted by Gasteiger charge is -2.17. The van der Waals surface area contributed by atoms with E-state index in [9.17, 15) is 9.59 Å². The van der Waals surface area contributed by atoms with E-state index in [2.05, 4.69) is 0 Å². The van der Waals surface area contributed by atoms with E-state index >= 15 is 0 Å². The highest BCUT2D eigenvalue weighted by atomic mass is 16.1. The van der Waals surface area contributed by atoms with Crippen LogP contribution in [0.4, 0.5) is 0 Å². The van der Waals surface area contributed by atoms with Gasteiger partial charge < -0.3 is 4.79 Å². The molecule has 0 rings (SSSR count). The Morgan fingerprint density at radius 1 is 1.60 bits per heavy atom. The van der Waals surface area contributed by atoms with Gasteiger partial charge in [-0.05, 0) is 6.42 Å². The Kier molecular flexibility index (Phi) is 3.06. The molecule has 0 fully saturated rings. The molecule has 1 amide bonds. The van der Waals surface area contributed by atoms with Crippen molar-refractivity contribution in [3.63, 3.8) is 0 Å². The minimum atomic E-state index is -0.652. The van der Waals surface area contributed by atoms with Crippen LogP contribution < -0.4 is 5.73 Å². The second-order valence-corrected chi connectivity index (χ2v) is 2.92.